The zero-order valence-corrected chi connectivity index (χ0v) is 26.0. The molecule has 200 valence electrons. The number of rotatable bonds is 7. The molecule has 0 spiro atoms. The quantitative estimate of drug-likeness (QED) is 0.176. The lowest BCUT2D eigenvalue weighted by Crippen LogP contribution is -2.09. The number of anilines is 3. The summed E-state index contributed by atoms with van der Waals surface area (Å²) in [4.78, 5) is 10.3. The van der Waals surface area contributed by atoms with Crippen LogP contribution in [0.25, 0.3) is 40.4 Å². The van der Waals surface area contributed by atoms with Crippen LogP contribution in [0.3, 0.4) is 0 Å². The topological polar surface area (TPSA) is 3.24 Å². The molecule has 0 fully saturated rings. The van der Waals surface area contributed by atoms with Gasteiger partial charge in [-0.1, -0.05) is 53.6 Å². The highest BCUT2D eigenvalue weighted by atomic mass is 32.1. The van der Waals surface area contributed by atoms with E-state index in [1.807, 2.05) is 34.0 Å². The minimum absolute atomic E-state index is 1.15. The minimum atomic E-state index is 1.15. The number of aryl methyl sites for hydroxylation is 2. The summed E-state index contributed by atoms with van der Waals surface area (Å²) in [5.41, 5.74) is 8.52. The predicted molar refractivity (Wildman–Crippen MR) is 184 cm³/mol. The van der Waals surface area contributed by atoms with Crippen molar-refractivity contribution in [3.63, 3.8) is 0 Å². The highest BCUT2D eigenvalue weighted by molar-refractivity contribution is 7.28. The van der Waals surface area contributed by atoms with Crippen molar-refractivity contribution in [1.29, 1.82) is 0 Å². The van der Waals surface area contributed by atoms with E-state index < -0.39 is 0 Å². The number of nitrogens with zero attached hydrogens (tertiary/aromatic N) is 1. The van der Waals surface area contributed by atoms with Crippen molar-refractivity contribution in [2.45, 2.75) is 13.8 Å². The lowest BCUT2D eigenvalue weighted by Gasteiger charge is -2.26. The maximum absolute atomic E-state index is 2.33. The molecule has 0 saturated carbocycles. The summed E-state index contributed by atoms with van der Waals surface area (Å²) in [6, 6.07) is 42.2. The summed E-state index contributed by atoms with van der Waals surface area (Å²) >= 11 is 7.38. The van der Waals surface area contributed by atoms with Crippen LogP contribution >= 0.6 is 45.3 Å². The maximum atomic E-state index is 2.33. The molecule has 0 saturated heterocycles. The average molecular weight is 602 g/mol. The summed E-state index contributed by atoms with van der Waals surface area (Å²) in [5, 5.41) is 4.36. The Balaban J connectivity index is 1.19. The second-order valence-corrected chi connectivity index (χ2v) is 14.1. The molecule has 0 amide bonds. The van der Waals surface area contributed by atoms with Crippen molar-refractivity contribution in [2.24, 2.45) is 0 Å². The molecule has 0 aliphatic heterocycles. The van der Waals surface area contributed by atoms with E-state index in [9.17, 15) is 0 Å². The van der Waals surface area contributed by atoms with Crippen molar-refractivity contribution in [3.05, 3.63) is 137 Å². The monoisotopic (exact) mass is 601 g/mol. The number of hydrogen-bond donors (Lipinski definition) is 0. The third-order valence-electron chi connectivity index (χ3n) is 7.13. The van der Waals surface area contributed by atoms with Gasteiger partial charge in [0.2, 0.25) is 0 Å². The Bertz CT molecular complexity index is 1840. The van der Waals surface area contributed by atoms with Crippen molar-refractivity contribution < 1.29 is 0 Å². The van der Waals surface area contributed by atoms with E-state index in [1.54, 1.807) is 11.3 Å². The lowest BCUT2D eigenvalue weighted by atomic mass is 10.0. The van der Waals surface area contributed by atoms with Crippen LogP contribution in [0.5, 0.6) is 0 Å². The van der Waals surface area contributed by atoms with Crippen molar-refractivity contribution in [3.8, 4) is 40.4 Å². The summed E-state index contributed by atoms with van der Waals surface area (Å²) < 4.78 is 0. The molecule has 4 aromatic heterocycles. The van der Waals surface area contributed by atoms with Gasteiger partial charge in [-0.05, 0) is 103 Å². The van der Waals surface area contributed by atoms with Gasteiger partial charge < -0.3 is 4.90 Å². The van der Waals surface area contributed by atoms with Gasteiger partial charge in [0, 0.05) is 47.0 Å². The van der Waals surface area contributed by atoms with Gasteiger partial charge in [0.1, 0.15) is 0 Å². The van der Waals surface area contributed by atoms with Gasteiger partial charge in [0.05, 0.1) is 4.88 Å². The fourth-order valence-electron chi connectivity index (χ4n) is 4.97. The van der Waals surface area contributed by atoms with Gasteiger partial charge in [-0.25, -0.2) is 0 Å². The van der Waals surface area contributed by atoms with E-state index in [1.165, 1.54) is 51.5 Å². The molecular weight excluding hydrogens is 575 g/mol. The molecule has 0 aliphatic rings. The standard InChI is InChI=1S/C36H27NS4/c1-24-5-11-27(12-6-24)37(28-13-7-25(2)8-14-28)29-15-9-26(10-16-29)30-21-23-39-36(30)35-20-19-34(41-35)33-18-17-32(40-33)31-4-3-22-38-31/h3-23H,1-2H3. The van der Waals surface area contributed by atoms with Crippen LogP contribution in [-0.2, 0) is 0 Å². The Morgan fingerprint density at radius 2 is 0.951 bits per heavy atom. The van der Waals surface area contributed by atoms with Gasteiger partial charge in [0.15, 0.2) is 0 Å². The second-order valence-electron chi connectivity index (χ2n) is 10.0. The first kappa shape index (κ1) is 26.2. The number of benzene rings is 3. The van der Waals surface area contributed by atoms with Crippen LogP contribution in [0.15, 0.2) is 126 Å². The molecule has 0 unspecified atom stereocenters. The van der Waals surface area contributed by atoms with Crippen molar-refractivity contribution >= 4 is 62.4 Å². The van der Waals surface area contributed by atoms with Crippen LogP contribution < -0.4 is 4.90 Å². The highest BCUT2D eigenvalue weighted by Crippen LogP contribution is 2.45. The molecule has 0 atom stereocenters. The van der Waals surface area contributed by atoms with Gasteiger partial charge >= 0.3 is 0 Å². The van der Waals surface area contributed by atoms with E-state index in [-0.39, 0.29) is 0 Å². The molecule has 1 nitrogen and oxygen atoms in total. The van der Waals surface area contributed by atoms with E-state index >= 15 is 0 Å². The van der Waals surface area contributed by atoms with Crippen molar-refractivity contribution in [2.75, 3.05) is 4.90 Å². The molecule has 0 N–H and O–H groups in total. The Morgan fingerprint density at radius 1 is 0.439 bits per heavy atom. The van der Waals surface area contributed by atoms with Crippen LogP contribution in [0.4, 0.5) is 17.1 Å². The second kappa shape index (κ2) is 11.3. The summed E-state index contributed by atoms with van der Waals surface area (Å²) in [6.07, 6.45) is 0. The Hall–Kier alpha value is -3.74. The fraction of sp³-hybridized carbons (Fsp3) is 0.0556. The van der Waals surface area contributed by atoms with E-state index in [0.717, 1.165) is 17.1 Å². The highest BCUT2D eigenvalue weighted by Gasteiger charge is 2.16. The van der Waals surface area contributed by atoms with Crippen molar-refractivity contribution in [1.82, 2.24) is 0 Å². The van der Waals surface area contributed by atoms with Crippen LogP contribution in [-0.4, -0.2) is 0 Å². The van der Waals surface area contributed by atoms with E-state index in [0.29, 0.717) is 0 Å². The van der Waals surface area contributed by atoms with Gasteiger partial charge in [-0.15, -0.1) is 45.3 Å². The fourth-order valence-corrected chi connectivity index (χ4v) is 8.96. The minimum Gasteiger partial charge on any atom is -0.311 e. The molecule has 0 bridgehead atoms. The smallest absolute Gasteiger partial charge is 0.0521 e. The number of hydrogen-bond acceptors (Lipinski definition) is 5. The first-order valence-corrected chi connectivity index (χ1v) is 16.9. The molecule has 3 aromatic carbocycles. The largest absolute Gasteiger partial charge is 0.311 e. The molecule has 7 aromatic rings. The van der Waals surface area contributed by atoms with Gasteiger partial charge in [-0.3, -0.25) is 0 Å². The van der Waals surface area contributed by atoms with E-state index in [4.69, 9.17) is 0 Å². The SMILES string of the molecule is Cc1ccc(N(c2ccc(C)cc2)c2ccc(-c3ccsc3-c3ccc(-c4ccc(-c5cccs5)s4)s3)cc2)cc1. The molecule has 7 rings (SSSR count). The third-order valence-corrected chi connectivity index (χ3v) is 11.7. The van der Waals surface area contributed by atoms with Gasteiger partial charge in [-0.2, -0.15) is 0 Å². The molecule has 0 radical (unpaired) electrons. The third kappa shape index (κ3) is 5.34. The lowest BCUT2D eigenvalue weighted by molar-refractivity contribution is 1.27. The summed E-state index contributed by atoms with van der Waals surface area (Å²) in [7, 11) is 0. The molecular formula is C36H27NS4. The average Bonchev–Trinajstić information content (AvgIpc) is 3.81. The van der Waals surface area contributed by atoms with E-state index in [2.05, 4.69) is 145 Å². The first-order chi connectivity index (χ1) is 20.1. The summed E-state index contributed by atoms with van der Waals surface area (Å²) in [6.45, 7) is 4.26. The molecule has 41 heavy (non-hydrogen) atoms. The Kier molecular flexibility index (Phi) is 7.19. The Morgan fingerprint density at radius 3 is 1.51 bits per heavy atom. The maximum Gasteiger partial charge on any atom is 0.0521 e. The molecule has 5 heteroatoms. The normalized spacial score (nSPS) is 11.2. The first-order valence-electron chi connectivity index (χ1n) is 13.5. The van der Waals surface area contributed by atoms with Gasteiger partial charge in [0.25, 0.3) is 0 Å². The number of thiophene rings is 4. The summed E-state index contributed by atoms with van der Waals surface area (Å²) in [5.74, 6) is 0. The van der Waals surface area contributed by atoms with Crippen LogP contribution in [0.1, 0.15) is 11.1 Å². The zero-order chi connectivity index (χ0) is 27.8. The van der Waals surface area contributed by atoms with Crippen LogP contribution in [0.2, 0.25) is 0 Å². The molecule has 4 heterocycles. The zero-order valence-electron chi connectivity index (χ0n) is 22.7. The predicted octanol–water partition coefficient (Wildman–Crippen LogP) is 12.7. The molecule has 0 aliphatic carbocycles. The Labute approximate surface area is 257 Å². The van der Waals surface area contributed by atoms with Crippen LogP contribution in [0, 0.1) is 13.8 Å².